The average Bonchev–Trinajstić information content (AvgIpc) is 2.88. The molecule has 1 aromatic carbocycles. The fourth-order valence-corrected chi connectivity index (χ4v) is 3.11. The lowest BCUT2D eigenvalue weighted by molar-refractivity contribution is -0.137. The molecule has 0 spiro atoms. The number of aromatic nitrogens is 2. The first-order chi connectivity index (χ1) is 10.2. The van der Waals surface area contributed by atoms with E-state index in [1.54, 1.807) is 6.92 Å². The Morgan fingerprint density at radius 1 is 1.27 bits per heavy atom. The molecule has 9 heteroatoms. The van der Waals surface area contributed by atoms with Gasteiger partial charge in [-0.25, -0.2) is 4.98 Å². The van der Waals surface area contributed by atoms with Crippen molar-refractivity contribution in [1.82, 2.24) is 9.55 Å². The number of aliphatic hydroxyl groups excluding tert-OH is 2. The van der Waals surface area contributed by atoms with Crippen LogP contribution in [0.4, 0.5) is 13.2 Å². The van der Waals surface area contributed by atoms with Crippen LogP contribution in [0.25, 0.3) is 11.0 Å². The fourth-order valence-electron chi connectivity index (χ4n) is 2.52. The Balaban J connectivity index is 2.15. The van der Waals surface area contributed by atoms with E-state index in [0.29, 0.717) is 5.52 Å². The average molecular weight is 381 g/mol. The highest BCUT2D eigenvalue weighted by molar-refractivity contribution is 9.10. The van der Waals surface area contributed by atoms with Gasteiger partial charge in [0.05, 0.1) is 22.7 Å². The second-order valence-electron chi connectivity index (χ2n) is 5.17. The molecule has 1 fully saturated rings. The van der Waals surface area contributed by atoms with Crippen LogP contribution in [-0.2, 0) is 10.9 Å². The number of nitrogens with zero attached hydrogens (tertiary/aromatic N) is 2. The van der Waals surface area contributed by atoms with E-state index in [2.05, 4.69) is 20.9 Å². The van der Waals surface area contributed by atoms with E-state index in [1.165, 1.54) is 10.6 Å². The van der Waals surface area contributed by atoms with Crippen LogP contribution in [0.15, 0.2) is 22.9 Å². The zero-order valence-electron chi connectivity index (χ0n) is 11.3. The largest absolute Gasteiger partial charge is 0.416 e. The number of ether oxygens (including phenoxy) is 1. The van der Waals surface area contributed by atoms with Crippen LogP contribution in [-0.4, -0.2) is 38.1 Å². The summed E-state index contributed by atoms with van der Waals surface area (Å²) in [7, 11) is 0. The fraction of sp³-hybridized carbons (Fsp3) is 0.462. The molecule has 4 atom stereocenters. The molecule has 2 aromatic rings. The van der Waals surface area contributed by atoms with Crippen LogP contribution in [0.1, 0.15) is 18.7 Å². The van der Waals surface area contributed by atoms with Crippen molar-refractivity contribution in [2.24, 2.45) is 0 Å². The van der Waals surface area contributed by atoms with E-state index in [1.807, 2.05) is 0 Å². The highest BCUT2D eigenvalue weighted by Gasteiger charge is 2.42. The number of rotatable bonds is 1. The van der Waals surface area contributed by atoms with Gasteiger partial charge in [0.1, 0.15) is 12.2 Å². The predicted molar refractivity (Wildman–Crippen MR) is 74.0 cm³/mol. The first-order valence-corrected chi connectivity index (χ1v) is 7.25. The number of aliphatic hydroxyl groups is 2. The third-order valence-corrected chi connectivity index (χ3v) is 4.26. The van der Waals surface area contributed by atoms with E-state index in [-0.39, 0.29) is 10.3 Å². The Bertz CT molecular complexity index is 718. The molecular weight excluding hydrogens is 369 g/mol. The Hall–Kier alpha value is -1.16. The van der Waals surface area contributed by atoms with Crippen LogP contribution in [0.3, 0.4) is 0 Å². The van der Waals surface area contributed by atoms with Crippen LogP contribution in [0.2, 0.25) is 0 Å². The Labute approximate surface area is 131 Å². The molecular formula is C13H12BrF3N2O3. The summed E-state index contributed by atoms with van der Waals surface area (Å²) in [6.45, 7) is 1.57. The zero-order valence-corrected chi connectivity index (χ0v) is 12.8. The van der Waals surface area contributed by atoms with E-state index < -0.39 is 36.3 Å². The minimum Gasteiger partial charge on any atom is -0.388 e. The molecule has 1 saturated heterocycles. The van der Waals surface area contributed by atoms with Gasteiger partial charge in [-0.05, 0) is 41.1 Å². The quantitative estimate of drug-likeness (QED) is 0.797. The number of hydrogen-bond donors (Lipinski definition) is 2. The third kappa shape index (κ3) is 2.41. The molecule has 22 heavy (non-hydrogen) atoms. The van der Waals surface area contributed by atoms with E-state index in [9.17, 15) is 23.4 Å². The molecule has 0 amide bonds. The lowest BCUT2D eigenvalue weighted by atomic mass is 10.1. The molecule has 120 valence electrons. The summed E-state index contributed by atoms with van der Waals surface area (Å²) in [5.74, 6) is 0. The Kier molecular flexibility index (Phi) is 3.71. The summed E-state index contributed by atoms with van der Waals surface area (Å²) in [6, 6.07) is 3.13. The third-order valence-electron chi connectivity index (χ3n) is 3.71. The molecule has 0 radical (unpaired) electrons. The summed E-state index contributed by atoms with van der Waals surface area (Å²) in [5, 5.41) is 19.8. The summed E-state index contributed by atoms with van der Waals surface area (Å²) < 4.78 is 45.6. The second-order valence-corrected chi connectivity index (χ2v) is 5.87. The van der Waals surface area contributed by atoms with Crippen molar-refractivity contribution >= 4 is 27.0 Å². The molecule has 0 bridgehead atoms. The smallest absolute Gasteiger partial charge is 0.388 e. The molecule has 0 unspecified atom stereocenters. The maximum absolute atomic E-state index is 12.9. The van der Waals surface area contributed by atoms with Gasteiger partial charge >= 0.3 is 6.18 Å². The lowest BCUT2D eigenvalue weighted by Gasteiger charge is -2.18. The molecule has 1 aliphatic rings. The van der Waals surface area contributed by atoms with Crippen molar-refractivity contribution in [3.8, 4) is 0 Å². The molecule has 0 saturated carbocycles. The van der Waals surface area contributed by atoms with Gasteiger partial charge in [-0.2, -0.15) is 13.2 Å². The molecule has 0 aliphatic carbocycles. The number of halogens is 4. The van der Waals surface area contributed by atoms with Crippen molar-refractivity contribution in [3.63, 3.8) is 0 Å². The number of benzene rings is 1. The zero-order chi connectivity index (χ0) is 16.2. The molecule has 3 rings (SSSR count). The first kappa shape index (κ1) is 15.7. The highest BCUT2D eigenvalue weighted by Crippen LogP contribution is 2.37. The Morgan fingerprint density at radius 2 is 1.95 bits per heavy atom. The summed E-state index contributed by atoms with van der Waals surface area (Å²) in [4.78, 5) is 4.10. The minimum atomic E-state index is -4.49. The molecule has 1 aliphatic heterocycles. The van der Waals surface area contributed by atoms with Gasteiger partial charge in [-0.15, -0.1) is 0 Å². The SMILES string of the molecule is C[C@H]1O[C@@H](n2c(Br)nc3ccc(C(F)(F)F)cc32)[C@H](O)[C@@H]1O. The minimum absolute atomic E-state index is 0.159. The molecule has 2 heterocycles. The van der Waals surface area contributed by atoms with Crippen LogP contribution >= 0.6 is 15.9 Å². The van der Waals surface area contributed by atoms with Crippen molar-refractivity contribution in [2.45, 2.75) is 37.6 Å². The summed E-state index contributed by atoms with van der Waals surface area (Å²) >= 11 is 3.16. The lowest BCUT2D eigenvalue weighted by Crippen LogP contribution is -2.30. The van der Waals surface area contributed by atoms with Crippen molar-refractivity contribution in [3.05, 3.63) is 28.5 Å². The van der Waals surface area contributed by atoms with E-state index in [4.69, 9.17) is 4.74 Å². The highest BCUT2D eigenvalue weighted by atomic mass is 79.9. The number of hydrogen-bond acceptors (Lipinski definition) is 4. The Morgan fingerprint density at radius 3 is 2.50 bits per heavy atom. The maximum Gasteiger partial charge on any atom is 0.416 e. The van der Waals surface area contributed by atoms with Crippen LogP contribution in [0, 0.1) is 0 Å². The normalized spacial score (nSPS) is 29.4. The van der Waals surface area contributed by atoms with Gasteiger partial charge in [0.25, 0.3) is 0 Å². The topological polar surface area (TPSA) is 67.5 Å². The van der Waals surface area contributed by atoms with Gasteiger partial charge in [0, 0.05) is 0 Å². The predicted octanol–water partition coefficient (Wildman–Crippen LogP) is 2.46. The maximum atomic E-state index is 12.9. The number of alkyl halides is 3. The second kappa shape index (κ2) is 5.19. The molecule has 2 N–H and O–H groups in total. The monoisotopic (exact) mass is 380 g/mol. The van der Waals surface area contributed by atoms with Gasteiger partial charge < -0.3 is 14.9 Å². The van der Waals surface area contributed by atoms with Crippen molar-refractivity contribution in [2.75, 3.05) is 0 Å². The van der Waals surface area contributed by atoms with Gasteiger partial charge in [-0.1, -0.05) is 0 Å². The van der Waals surface area contributed by atoms with Crippen molar-refractivity contribution in [1.29, 1.82) is 0 Å². The first-order valence-electron chi connectivity index (χ1n) is 6.46. The summed E-state index contributed by atoms with van der Waals surface area (Å²) in [6.07, 6.45) is -8.54. The molecule has 1 aromatic heterocycles. The number of fused-ring (bicyclic) bond motifs is 1. The van der Waals surface area contributed by atoms with Crippen LogP contribution in [0.5, 0.6) is 0 Å². The standard InChI is InChI=1S/C13H12BrF3N2O3/c1-5-9(20)10(21)11(22-5)19-8-4-6(13(15,16)17)2-3-7(8)18-12(19)14/h2-5,9-11,20-21H,1H3/t5-,9-,10-,11-/m1/s1. The van der Waals surface area contributed by atoms with E-state index >= 15 is 0 Å². The van der Waals surface area contributed by atoms with Gasteiger partial charge in [0.15, 0.2) is 11.0 Å². The van der Waals surface area contributed by atoms with Gasteiger partial charge in [-0.3, -0.25) is 4.57 Å². The van der Waals surface area contributed by atoms with Crippen molar-refractivity contribution < 1.29 is 28.1 Å². The molecule has 5 nitrogen and oxygen atoms in total. The summed E-state index contributed by atoms with van der Waals surface area (Å²) in [5.41, 5.74) is -0.341. The van der Waals surface area contributed by atoms with Crippen LogP contribution < -0.4 is 0 Å². The number of imidazole rings is 1. The van der Waals surface area contributed by atoms with Gasteiger partial charge in [0.2, 0.25) is 0 Å². The van der Waals surface area contributed by atoms with E-state index in [0.717, 1.165) is 12.1 Å².